The van der Waals surface area contributed by atoms with Gasteiger partial charge in [-0.2, -0.15) is 0 Å². The van der Waals surface area contributed by atoms with E-state index in [1.165, 1.54) is 4.88 Å². The summed E-state index contributed by atoms with van der Waals surface area (Å²) in [4.78, 5) is 27.6. The van der Waals surface area contributed by atoms with Gasteiger partial charge in [-0.1, -0.05) is 55.5 Å². The molecule has 0 fully saturated rings. The van der Waals surface area contributed by atoms with Gasteiger partial charge >= 0.3 is 0 Å². The van der Waals surface area contributed by atoms with Crippen LogP contribution in [-0.4, -0.2) is 11.8 Å². The molecule has 0 spiro atoms. The molecule has 0 saturated heterocycles. The average molecular weight is 433 g/mol. The molecule has 2 N–H and O–H groups in total. The summed E-state index contributed by atoms with van der Waals surface area (Å²) in [6.07, 6.45) is 2.88. The number of hydrogen-bond acceptors (Lipinski definition) is 3. The summed E-state index contributed by atoms with van der Waals surface area (Å²) in [5, 5.41) is 6.85. The maximum atomic E-state index is 13.4. The second-order valence-corrected chi connectivity index (χ2v) is 9.54. The van der Waals surface area contributed by atoms with Gasteiger partial charge in [0.2, 0.25) is 0 Å². The monoisotopic (exact) mass is 432 g/mol. The van der Waals surface area contributed by atoms with E-state index in [9.17, 15) is 9.59 Å². The number of benzene rings is 2. The summed E-state index contributed by atoms with van der Waals surface area (Å²) in [5.41, 5.74) is 4.33. The molecule has 1 aliphatic carbocycles. The fourth-order valence-corrected chi connectivity index (χ4v) is 5.57. The van der Waals surface area contributed by atoms with E-state index in [1.807, 2.05) is 68.4 Å². The molecule has 2 atom stereocenters. The highest BCUT2D eigenvalue weighted by Gasteiger charge is 2.29. The topological polar surface area (TPSA) is 58.2 Å². The zero-order valence-electron chi connectivity index (χ0n) is 18.2. The van der Waals surface area contributed by atoms with E-state index in [4.69, 9.17) is 0 Å². The van der Waals surface area contributed by atoms with Gasteiger partial charge in [0.25, 0.3) is 11.8 Å². The van der Waals surface area contributed by atoms with E-state index in [2.05, 4.69) is 17.6 Å². The van der Waals surface area contributed by atoms with Crippen molar-refractivity contribution >= 4 is 28.2 Å². The highest BCUT2D eigenvalue weighted by atomic mass is 32.1. The summed E-state index contributed by atoms with van der Waals surface area (Å²) in [6, 6.07) is 17.3. The van der Waals surface area contributed by atoms with Crippen molar-refractivity contribution in [3.05, 3.63) is 87.3 Å². The molecule has 0 radical (unpaired) electrons. The molecule has 0 unspecified atom stereocenters. The minimum Gasteiger partial charge on any atom is -0.345 e. The first-order valence-corrected chi connectivity index (χ1v) is 11.6. The fourth-order valence-electron chi connectivity index (χ4n) is 4.17. The number of nitrogens with one attached hydrogen (secondary N) is 2. The Bertz CT molecular complexity index is 1100. The van der Waals surface area contributed by atoms with Gasteiger partial charge in [0.05, 0.1) is 11.6 Å². The maximum absolute atomic E-state index is 13.4. The first-order chi connectivity index (χ1) is 14.9. The lowest BCUT2D eigenvalue weighted by atomic mass is 9.88. The largest absolute Gasteiger partial charge is 0.345 e. The average Bonchev–Trinajstić information content (AvgIpc) is 3.11. The van der Waals surface area contributed by atoms with Gasteiger partial charge in [-0.3, -0.25) is 9.59 Å². The smallest absolute Gasteiger partial charge is 0.256 e. The molecule has 1 aliphatic rings. The third-order valence-corrected chi connectivity index (χ3v) is 7.17. The molecule has 3 aromatic rings. The number of carbonyl (C=O) groups is 2. The van der Waals surface area contributed by atoms with E-state index in [0.29, 0.717) is 22.0 Å². The van der Waals surface area contributed by atoms with Crippen LogP contribution >= 0.6 is 11.3 Å². The molecule has 160 valence electrons. The second kappa shape index (κ2) is 9.06. The molecule has 0 bridgehead atoms. The van der Waals surface area contributed by atoms with Crippen molar-refractivity contribution in [3.8, 4) is 0 Å². The van der Waals surface area contributed by atoms with Crippen molar-refractivity contribution < 1.29 is 9.59 Å². The Morgan fingerprint density at radius 3 is 2.48 bits per heavy atom. The van der Waals surface area contributed by atoms with Gasteiger partial charge in [0, 0.05) is 10.4 Å². The van der Waals surface area contributed by atoms with Crippen LogP contribution in [0.25, 0.3) is 0 Å². The number of aryl methyl sites for hydroxylation is 1. The van der Waals surface area contributed by atoms with Crippen LogP contribution in [0.4, 0.5) is 5.00 Å². The van der Waals surface area contributed by atoms with Crippen molar-refractivity contribution in [2.45, 2.75) is 46.1 Å². The van der Waals surface area contributed by atoms with Crippen molar-refractivity contribution in [1.29, 1.82) is 0 Å². The fraction of sp³-hybridized carbons (Fsp3) is 0.308. The van der Waals surface area contributed by atoms with Crippen LogP contribution in [0.15, 0.2) is 54.6 Å². The molecule has 1 heterocycles. The van der Waals surface area contributed by atoms with E-state index >= 15 is 0 Å². The Hall–Kier alpha value is -2.92. The number of rotatable bonds is 5. The summed E-state index contributed by atoms with van der Waals surface area (Å²) >= 11 is 1.55. The van der Waals surface area contributed by atoms with Crippen LogP contribution in [0.1, 0.15) is 68.6 Å². The molecule has 2 amide bonds. The van der Waals surface area contributed by atoms with Gasteiger partial charge in [-0.05, 0) is 61.8 Å². The molecule has 1 aromatic heterocycles. The van der Waals surface area contributed by atoms with E-state index in [-0.39, 0.29) is 17.9 Å². The number of amides is 2. The van der Waals surface area contributed by atoms with E-state index < -0.39 is 0 Å². The lowest BCUT2D eigenvalue weighted by Gasteiger charge is -2.20. The Kier molecular flexibility index (Phi) is 6.23. The van der Waals surface area contributed by atoms with Gasteiger partial charge in [-0.15, -0.1) is 11.3 Å². The van der Waals surface area contributed by atoms with E-state index in [1.54, 1.807) is 11.3 Å². The van der Waals surface area contributed by atoms with Crippen molar-refractivity contribution in [2.75, 3.05) is 5.32 Å². The summed E-state index contributed by atoms with van der Waals surface area (Å²) < 4.78 is 0. The molecule has 0 aliphatic heterocycles. The molecule has 5 heteroatoms. The zero-order chi connectivity index (χ0) is 22.0. The first kappa shape index (κ1) is 21.3. The summed E-state index contributed by atoms with van der Waals surface area (Å²) in [5.74, 6) is 0.295. The van der Waals surface area contributed by atoms with Crippen LogP contribution in [0.3, 0.4) is 0 Å². The minimum atomic E-state index is -0.171. The quantitative estimate of drug-likeness (QED) is 0.525. The Balaban J connectivity index is 1.65. The number of carbonyl (C=O) groups excluding carboxylic acids is 2. The van der Waals surface area contributed by atoms with Crippen LogP contribution in [0.2, 0.25) is 0 Å². The normalized spacial score (nSPS) is 16.3. The molecule has 4 nitrogen and oxygen atoms in total. The third kappa shape index (κ3) is 4.57. The number of hydrogen-bond donors (Lipinski definition) is 2. The van der Waals surface area contributed by atoms with Crippen LogP contribution in [0.5, 0.6) is 0 Å². The van der Waals surface area contributed by atoms with Crippen molar-refractivity contribution in [3.63, 3.8) is 0 Å². The SMILES string of the molecule is Cc1ccccc1C(=O)Nc1sc2c(c1C(=O)N[C@H](C)c1ccccc1)CC[C@H](C)C2. The molecule has 0 saturated carbocycles. The predicted molar refractivity (Wildman–Crippen MR) is 127 cm³/mol. The van der Waals surface area contributed by atoms with Gasteiger partial charge in [0.1, 0.15) is 5.00 Å². The lowest BCUT2D eigenvalue weighted by Crippen LogP contribution is -2.28. The van der Waals surface area contributed by atoms with Crippen LogP contribution in [-0.2, 0) is 12.8 Å². The first-order valence-electron chi connectivity index (χ1n) is 10.8. The Morgan fingerprint density at radius 1 is 1.03 bits per heavy atom. The highest BCUT2D eigenvalue weighted by Crippen LogP contribution is 2.40. The molecule has 31 heavy (non-hydrogen) atoms. The van der Waals surface area contributed by atoms with Gasteiger partial charge in [0.15, 0.2) is 0 Å². The molecule has 2 aromatic carbocycles. The van der Waals surface area contributed by atoms with Crippen LogP contribution < -0.4 is 10.6 Å². The summed E-state index contributed by atoms with van der Waals surface area (Å²) in [6.45, 7) is 6.15. The van der Waals surface area contributed by atoms with Gasteiger partial charge < -0.3 is 10.6 Å². The lowest BCUT2D eigenvalue weighted by molar-refractivity contribution is 0.0940. The molecular formula is C26H28N2O2S. The molecule has 4 rings (SSSR count). The predicted octanol–water partition coefficient (Wildman–Crippen LogP) is 5.92. The summed E-state index contributed by atoms with van der Waals surface area (Å²) in [7, 11) is 0. The Morgan fingerprint density at radius 2 is 1.74 bits per heavy atom. The zero-order valence-corrected chi connectivity index (χ0v) is 19.0. The molecular weight excluding hydrogens is 404 g/mol. The van der Waals surface area contributed by atoms with E-state index in [0.717, 1.165) is 36.0 Å². The number of fused-ring (bicyclic) bond motifs is 1. The standard InChI is InChI=1S/C26H28N2O2S/c1-16-13-14-21-22(15-16)31-26(28-24(29)20-12-8-7-9-17(20)2)23(21)25(30)27-18(3)19-10-5-4-6-11-19/h4-12,16,18H,13-15H2,1-3H3,(H,27,30)(H,28,29)/t16-,18+/m0/s1. The second-order valence-electron chi connectivity index (χ2n) is 8.43. The third-order valence-electron chi connectivity index (χ3n) is 6.00. The van der Waals surface area contributed by atoms with Gasteiger partial charge in [-0.25, -0.2) is 0 Å². The van der Waals surface area contributed by atoms with Crippen molar-refractivity contribution in [1.82, 2.24) is 5.32 Å². The maximum Gasteiger partial charge on any atom is 0.256 e. The van der Waals surface area contributed by atoms with Crippen molar-refractivity contribution in [2.24, 2.45) is 5.92 Å². The minimum absolute atomic E-state index is 0.119. The number of anilines is 1. The highest BCUT2D eigenvalue weighted by molar-refractivity contribution is 7.17. The number of thiophene rings is 1. The van der Waals surface area contributed by atoms with Crippen LogP contribution in [0, 0.1) is 12.8 Å². The Labute approximate surface area is 187 Å².